The van der Waals surface area contributed by atoms with Gasteiger partial charge in [0.15, 0.2) is 0 Å². The van der Waals surface area contributed by atoms with Crippen LogP contribution in [0.15, 0.2) is 212 Å². The fourth-order valence-corrected chi connectivity index (χ4v) is 8.58. The van der Waals surface area contributed by atoms with Crippen LogP contribution in [-0.4, -0.2) is 0 Å². The van der Waals surface area contributed by atoms with Crippen LogP contribution >= 0.6 is 0 Å². The summed E-state index contributed by atoms with van der Waals surface area (Å²) in [7, 11) is 0. The van der Waals surface area contributed by atoms with Crippen molar-refractivity contribution >= 4 is 27.8 Å². The van der Waals surface area contributed by atoms with Crippen molar-refractivity contribution in [2.45, 2.75) is 52.4 Å². The molecule has 9 rings (SSSR count). The Bertz CT molecular complexity index is 2910. The van der Waals surface area contributed by atoms with E-state index in [9.17, 15) is 0 Å². The van der Waals surface area contributed by atoms with Gasteiger partial charge >= 0.3 is 0 Å². The Morgan fingerprint density at radius 1 is 0.295 bits per heavy atom. The van der Waals surface area contributed by atoms with Gasteiger partial charge in [0.25, 0.3) is 0 Å². The van der Waals surface area contributed by atoms with Crippen molar-refractivity contribution in [3.8, 4) is 55.6 Å². The molecule has 0 amide bonds. The molecule has 61 heavy (non-hydrogen) atoms. The van der Waals surface area contributed by atoms with E-state index in [0.29, 0.717) is 0 Å². The lowest BCUT2D eigenvalue weighted by Gasteiger charge is -2.30. The van der Waals surface area contributed by atoms with E-state index in [1.165, 1.54) is 77.5 Å². The molecule has 0 saturated carbocycles. The van der Waals surface area contributed by atoms with Crippen molar-refractivity contribution in [2.75, 3.05) is 4.90 Å². The van der Waals surface area contributed by atoms with Crippen molar-refractivity contribution in [3.63, 3.8) is 0 Å². The van der Waals surface area contributed by atoms with Gasteiger partial charge in [0.2, 0.25) is 0 Å². The number of nitrogens with zero attached hydrogens (tertiary/aromatic N) is 1. The van der Waals surface area contributed by atoms with Gasteiger partial charge in [0.1, 0.15) is 0 Å². The maximum Gasteiger partial charge on any atom is 0.0540 e. The molecule has 0 spiro atoms. The normalized spacial score (nSPS) is 11.8. The Labute approximate surface area is 362 Å². The lowest BCUT2D eigenvalue weighted by Crippen LogP contribution is -2.16. The fourth-order valence-electron chi connectivity index (χ4n) is 8.58. The second-order valence-electron chi connectivity index (χ2n) is 18.2. The van der Waals surface area contributed by atoms with Crippen LogP contribution < -0.4 is 4.90 Å². The summed E-state index contributed by atoms with van der Waals surface area (Å²) in [6.07, 6.45) is 0. The molecule has 0 aromatic heterocycles. The Morgan fingerprint density at radius 3 is 1.25 bits per heavy atom. The maximum absolute atomic E-state index is 2.46. The van der Waals surface area contributed by atoms with Crippen molar-refractivity contribution < 1.29 is 0 Å². The van der Waals surface area contributed by atoms with Gasteiger partial charge in [0, 0.05) is 16.8 Å². The molecule has 1 heteroatoms. The summed E-state index contributed by atoms with van der Waals surface area (Å²) in [6.45, 7) is 13.9. The van der Waals surface area contributed by atoms with Gasteiger partial charge in [-0.2, -0.15) is 0 Å². The number of hydrogen-bond acceptors (Lipinski definition) is 1. The van der Waals surface area contributed by atoms with E-state index in [0.717, 1.165) is 17.1 Å². The molecule has 0 unspecified atom stereocenters. The topological polar surface area (TPSA) is 3.24 Å². The van der Waals surface area contributed by atoms with Crippen LogP contribution in [0, 0.1) is 0 Å². The molecular formula is C60H53N. The molecule has 0 aliphatic carbocycles. The summed E-state index contributed by atoms with van der Waals surface area (Å²) in [4.78, 5) is 2.46. The maximum atomic E-state index is 2.46. The molecule has 0 N–H and O–H groups in total. The molecule has 1 nitrogen and oxygen atoms in total. The van der Waals surface area contributed by atoms with Crippen molar-refractivity contribution in [1.29, 1.82) is 0 Å². The number of anilines is 3. The molecule has 298 valence electrons. The van der Waals surface area contributed by atoms with Crippen LogP contribution in [-0.2, 0) is 10.8 Å². The second kappa shape index (κ2) is 16.2. The van der Waals surface area contributed by atoms with Crippen LogP contribution in [0.5, 0.6) is 0 Å². The monoisotopic (exact) mass is 787 g/mol. The summed E-state index contributed by atoms with van der Waals surface area (Å²) in [5.41, 5.74) is 18.1. The quantitative estimate of drug-likeness (QED) is 0.148. The smallest absolute Gasteiger partial charge is 0.0540 e. The largest absolute Gasteiger partial charge is 0.309 e. The third-order valence-electron chi connectivity index (χ3n) is 12.0. The lowest BCUT2D eigenvalue weighted by molar-refractivity contribution is 0.569. The molecule has 0 saturated heterocycles. The Balaban J connectivity index is 1.23. The van der Waals surface area contributed by atoms with Crippen molar-refractivity contribution in [3.05, 3.63) is 223 Å². The molecule has 9 aromatic rings. The van der Waals surface area contributed by atoms with Gasteiger partial charge in [0.05, 0.1) is 11.4 Å². The summed E-state index contributed by atoms with van der Waals surface area (Å²) in [6, 6.07) is 77.9. The molecule has 0 aliphatic heterocycles. The van der Waals surface area contributed by atoms with E-state index in [1.54, 1.807) is 0 Å². The minimum absolute atomic E-state index is 0.00380. The SMILES string of the molecule is CC(C)(C)c1cc(-c2cccc3cccc(-c4ccccc4N(c4ccc(-c5ccc(-c6ccccc6)cc5)cc4)c4ccccc4-c4ccccc4)c23)cc(C(C)(C)C)c1. The van der Waals surface area contributed by atoms with Gasteiger partial charge in [-0.15, -0.1) is 0 Å². The molecule has 0 bridgehead atoms. The van der Waals surface area contributed by atoms with Gasteiger partial charge in [-0.1, -0.05) is 230 Å². The summed E-state index contributed by atoms with van der Waals surface area (Å²) < 4.78 is 0. The van der Waals surface area contributed by atoms with Crippen LogP contribution in [0.25, 0.3) is 66.4 Å². The molecule has 0 aliphatic rings. The highest BCUT2D eigenvalue weighted by Crippen LogP contribution is 2.48. The molecule has 0 radical (unpaired) electrons. The summed E-state index contributed by atoms with van der Waals surface area (Å²) in [5.74, 6) is 0. The fraction of sp³-hybridized carbons (Fsp3) is 0.133. The van der Waals surface area contributed by atoms with Gasteiger partial charge in [-0.05, 0) is 102 Å². The summed E-state index contributed by atoms with van der Waals surface area (Å²) >= 11 is 0. The van der Waals surface area contributed by atoms with Crippen LogP contribution in [0.2, 0.25) is 0 Å². The van der Waals surface area contributed by atoms with E-state index >= 15 is 0 Å². The lowest BCUT2D eigenvalue weighted by atomic mass is 9.78. The number of rotatable bonds is 8. The highest BCUT2D eigenvalue weighted by molar-refractivity contribution is 6.09. The van der Waals surface area contributed by atoms with E-state index < -0.39 is 0 Å². The Morgan fingerprint density at radius 2 is 0.705 bits per heavy atom. The zero-order valence-corrected chi connectivity index (χ0v) is 36.2. The van der Waals surface area contributed by atoms with E-state index in [4.69, 9.17) is 0 Å². The third kappa shape index (κ3) is 8.05. The zero-order chi connectivity index (χ0) is 42.1. The predicted molar refractivity (Wildman–Crippen MR) is 263 cm³/mol. The molecule has 9 aromatic carbocycles. The van der Waals surface area contributed by atoms with Crippen LogP contribution in [0.1, 0.15) is 52.7 Å². The standard InChI is InChI=1S/C60H53N/c1-59(2,3)49-39-48(40-50(41-49)60(4,5)6)53-27-17-23-47-24-18-28-55(58(47)53)54-26-14-16-30-57(54)61(56-29-15-13-25-52(56)46-21-11-8-12-22-46)51-37-35-45(36-38-51)44-33-31-43(32-34-44)42-19-9-7-10-20-42/h7-41H,1-6H3. The molecular weight excluding hydrogens is 735 g/mol. The van der Waals surface area contributed by atoms with E-state index in [1.807, 2.05) is 0 Å². The van der Waals surface area contributed by atoms with E-state index in [2.05, 4.69) is 259 Å². The highest BCUT2D eigenvalue weighted by Gasteiger charge is 2.24. The number of benzene rings is 9. The van der Waals surface area contributed by atoms with E-state index in [-0.39, 0.29) is 10.8 Å². The average Bonchev–Trinajstić information content (AvgIpc) is 3.29. The molecule has 0 heterocycles. The first kappa shape index (κ1) is 39.5. The minimum Gasteiger partial charge on any atom is -0.309 e. The predicted octanol–water partition coefficient (Wildman–Crippen LogP) is 17.2. The van der Waals surface area contributed by atoms with Crippen molar-refractivity contribution in [2.24, 2.45) is 0 Å². The average molecular weight is 788 g/mol. The van der Waals surface area contributed by atoms with Gasteiger partial charge in [-0.25, -0.2) is 0 Å². The number of fused-ring (bicyclic) bond motifs is 1. The minimum atomic E-state index is 0.00380. The number of hydrogen-bond donors (Lipinski definition) is 0. The van der Waals surface area contributed by atoms with Crippen molar-refractivity contribution in [1.82, 2.24) is 0 Å². The molecule has 0 fully saturated rings. The second-order valence-corrected chi connectivity index (χ2v) is 18.2. The Kier molecular flexibility index (Phi) is 10.5. The summed E-state index contributed by atoms with van der Waals surface area (Å²) in [5, 5.41) is 2.48. The first-order chi connectivity index (χ1) is 29.5. The highest BCUT2D eigenvalue weighted by atomic mass is 15.1. The third-order valence-corrected chi connectivity index (χ3v) is 12.0. The van der Waals surface area contributed by atoms with Crippen LogP contribution in [0.3, 0.4) is 0 Å². The number of para-hydroxylation sites is 2. The Hall–Kier alpha value is -6.96. The first-order valence-electron chi connectivity index (χ1n) is 21.5. The van der Waals surface area contributed by atoms with Crippen LogP contribution in [0.4, 0.5) is 17.1 Å². The van der Waals surface area contributed by atoms with Gasteiger partial charge < -0.3 is 4.90 Å². The first-order valence-corrected chi connectivity index (χ1v) is 21.5. The van der Waals surface area contributed by atoms with Gasteiger partial charge in [-0.3, -0.25) is 0 Å². The zero-order valence-electron chi connectivity index (χ0n) is 36.2. The molecule has 0 atom stereocenters.